The fourth-order valence-electron chi connectivity index (χ4n) is 2.67. The summed E-state index contributed by atoms with van der Waals surface area (Å²) in [6, 6.07) is 0.238. The Morgan fingerprint density at radius 3 is 2.70 bits per heavy atom. The van der Waals surface area contributed by atoms with Gasteiger partial charge in [0, 0.05) is 23.7 Å². The Bertz CT molecular complexity index is 477. The van der Waals surface area contributed by atoms with Crippen LogP contribution in [0.15, 0.2) is 17.6 Å². The van der Waals surface area contributed by atoms with Crippen molar-refractivity contribution in [2.24, 2.45) is 5.73 Å². The van der Waals surface area contributed by atoms with Gasteiger partial charge in [0.1, 0.15) is 0 Å². The number of nitrogens with zero attached hydrogens (tertiary/aromatic N) is 2. The van der Waals surface area contributed by atoms with E-state index in [4.69, 9.17) is 5.73 Å². The highest BCUT2D eigenvalue weighted by molar-refractivity contribution is 7.99. The van der Waals surface area contributed by atoms with Gasteiger partial charge in [0.25, 0.3) is 0 Å². The van der Waals surface area contributed by atoms with Crippen molar-refractivity contribution >= 4 is 17.7 Å². The number of hydrogen-bond donors (Lipinski definition) is 2. The predicted molar refractivity (Wildman–Crippen MR) is 80.5 cm³/mol. The molecule has 3 N–H and O–H groups in total. The highest BCUT2D eigenvalue weighted by Gasteiger charge is 2.44. The predicted octanol–water partition coefficient (Wildman–Crippen LogP) is 1.65. The first-order valence-corrected chi connectivity index (χ1v) is 7.82. The van der Waals surface area contributed by atoms with Crippen LogP contribution >= 0.6 is 11.8 Å². The van der Waals surface area contributed by atoms with Gasteiger partial charge in [-0.1, -0.05) is 11.8 Å². The number of aromatic nitrogens is 2. The summed E-state index contributed by atoms with van der Waals surface area (Å²) < 4.78 is 0. The topological polar surface area (TPSA) is 80.9 Å². The van der Waals surface area contributed by atoms with Crippen LogP contribution in [0.4, 0.5) is 0 Å². The van der Waals surface area contributed by atoms with Crippen LogP contribution < -0.4 is 11.1 Å². The fourth-order valence-corrected chi connectivity index (χ4v) is 3.80. The molecule has 6 heteroatoms. The maximum Gasteiger partial charge on any atom is 0.237 e. The molecule has 1 aliphatic carbocycles. The molecule has 0 spiro atoms. The summed E-state index contributed by atoms with van der Waals surface area (Å²) in [5.74, 6) is -0.251. The smallest absolute Gasteiger partial charge is 0.237 e. The van der Waals surface area contributed by atoms with E-state index in [1.807, 2.05) is 33.2 Å². The van der Waals surface area contributed by atoms with E-state index in [9.17, 15) is 4.79 Å². The van der Waals surface area contributed by atoms with E-state index in [-0.39, 0.29) is 11.9 Å². The lowest BCUT2D eigenvalue weighted by Gasteiger charge is -2.29. The molecule has 0 aliphatic heterocycles. The molecular weight excluding hydrogens is 272 g/mol. The van der Waals surface area contributed by atoms with Gasteiger partial charge in [-0.15, -0.1) is 0 Å². The third-order valence-corrected chi connectivity index (χ3v) is 4.69. The van der Waals surface area contributed by atoms with Crippen molar-refractivity contribution in [1.82, 2.24) is 15.3 Å². The number of hydrogen-bond acceptors (Lipinski definition) is 5. The number of nitrogens with two attached hydrogens (primary N) is 1. The van der Waals surface area contributed by atoms with Crippen LogP contribution in [0.25, 0.3) is 0 Å². The molecular formula is C14H22N4OS. The summed E-state index contributed by atoms with van der Waals surface area (Å²) in [5.41, 5.74) is 6.09. The average Bonchev–Trinajstić information content (AvgIpc) is 2.76. The summed E-state index contributed by atoms with van der Waals surface area (Å²) in [6.45, 7) is 6.04. The minimum Gasteiger partial charge on any atom is -0.368 e. The van der Waals surface area contributed by atoms with Crippen molar-refractivity contribution in [3.8, 4) is 0 Å². The number of amides is 1. The van der Waals surface area contributed by atoms with Gasteiger partial charge in [-0.3, -0.25) is 4.79 Å². The summed E-state index contributed by atoms with van der Waals surface area (Å²) >= 11 is 1.64. The number of rotatable bonds is 5. The first kappa shape index (κ1) is 15.3. The van der Waals surface area contributed by atoms with E-state index < -0.39 is 5.54 Å². The number of primary amides is 1. The Kier molecular flexibility index (Phi) is 4.65. The second kappa shape index (κ2) is 6.10. The summed E-state index contributed by atoms with van der Waals surface area (Å²) in [7, 11) is 0. The Hall–Kier alpha value is -1.14. The van der Waals surface area contributed by atoms with Crippen molar-refractivity contribution in [2.75, 3.05) is 0 Å². The first-order valence-electron chi connectivity index (χ1n) is 6.94. The Morgan fingerprint density at radius 1 is 1.50 bits per heavy atom. The third kappa shape index (κ3) is 3.49. The van der Waals surface area contributed by atoms with Crippen molar-refractivity contribution < 1.29 is 4.79 Å². The molecule has 1 fully saturated rings. The fraction of sp³-hybridized carbons (Fsp3) is 0.643. The molecule has 0 saturated heterocycles. The van der Waals surface area contributed by atoms with Gasteiger partial charge < -0.3 is 11.1 Å². The average molecular weight is 294 g/mol. The minimum atomic E-state index is -0.573. The Labute approximate surface area is 124 Å². The van der Waals surface area contributed by atoms with Crippen molar-refractivity contribution in [3.63, 3.8) is 0 Å². The molecule has 2 atom stereocenters. The van der Waals surface area contributed by atoms with E-state index in [1.54, 1.807) is 11.8 Å². The zero-order valence-electron chi connectivity index (χ0n) is 12.2. The van der Waals surface area contributed by atoms with Gasteiger partial charge in [-0.05, 0) is 45.6 Å². The van der Waals surface area contributed by atoms with E-state index in [0.29, 0.717) is 5.25 Å². The molecule has 2 rings (SSSR count). The summed E-state index contributed by atoms with van der Waals surface area (Å²) in [4.78, 5) is 20.4. The van der Waals surface area contributed by atoms with E-state index in [0.717, 1.165) is 30.0 Å². The van der Waals surface area contributed by atoms with Gasteiger partial charge in [0.05, 0.1) is 5.54 Å². The molecule has 0 radical (unpaired) electrons. The molecule has 1 aromatic heterocycles. The van der Waals surface area contributed by atoms with Gasteiger partial charge >= 0.3 is 0 Å². The van der Waals surface area contributed by atoms with Crippen LogP contribution in [-0.2, 0) is 4.79 Å². The quantitative estimate of drug-likeness (QED) is 0.807. The van der Waals surface area contributed by atoms with Crippen molar-refractivity contribution in [3.05, 3.63) is 18.0 Å². The molecule has 2 unspecified atom stereocenters. The van der Waals surface area contributed by atoms with E-state index in [1.165, 1.54) is 0 Å². The number of nitrogens with one attached hydrogen (secondary N) is 1. The van der Waals surface area contributed by atoms with Crippen LogP contribution in [0.3, 0.4) is 0 Å². The highest BCUT2D eigenvalue weighted by atomic mass is 32.2. The molecule has 110 valence electrons. The molecule has 1 aromatic rings. The van der Waals surface area contributed by atoms with Gasteiger partial charge in [-0.2, -0.15) is 0 Å². The molecule has 1 aliphatic rings. The van der Waals surface area contributed by atoms with E-state index in [2.05, 4.69) is 15.3 Å². The minimum absolute atomic E-state index is 0.238. The molecule has 1 amide bonds. The second-order valence-corrected chi connectivity index (χ2v) is 7.04. The molecule has 0 bridgehead atoms. The zero-order chi connectivity index (χ0) is 14.8. The van der Waals surface area contributed by atoms with Crippen LogP contribution in [0, 0.1) is 6.92 Å². The van der Waals surface area contributed by atoms with Crippen LogP contribution in [0.1, 0.15) is 38.7 Å². The lowest BCUT2D eigenvalue weighted by atomic mass is 9.96. The Balaban J connectivity index is 2.03. The standard InChI is InChI=1S/C14H22N4OS/c1-9(2)18-14(12(15)19)5-4-11(6-14)20-13-16-7-10(3)8-17-13/h7-9,11,18H,4-6H2,1-3H3,(H2,15,19). The lowest BCUT2D eigenvalue weighted by molar-refractivity contribution is -0.124. The number of carbonyl (C=O) groups is 1. The number of carbonyl (C=O) groups excluding carboxylic acids is 1. The SMILES string of the molecule is Cc1cnc(SC2CCC(NC(C)C)(C(N)=O)C2)nc1. The van der Waals surface area contributed by atoms with Crippen LogP contribution in [0.5, 0.6) is 0 Å². The maximum atomic E-state index is 11.8. The number of thioether (sulfide) groups is 1. The van der Waals surface area contributed by atoms with Crippen LogP contribution in [0.2, 0.25) is 0 Å². The highest BCUT2D eigenvalue weighted by Crippen LogP contribution is 2.39. The van der Waals surface area contributed by atoms with Gasteiger partial charge in [0.15, 0.2) is 5.16 Å². The van der Waals surface area contributed by atoms with Crippen molar-refractivity contribution in [1.29, 1.82) is 0 Å². The van der Waals surface area contributed by atoms with Crippen molar-refractivity contribution in [2.45, 2.75) is 62.0 Å². The van der Waals surface area contributed by atoms with Gasteiger partial charge in [-0.25, -0.2) is 9.97 Å². The number of aryl methyl sites for hydroxylation is 1. The Morgan fingerprint density at radius 2 is 2.15 bits per heavy atom. The van der Waals surface area contributed by atoms with E-state index >= 15 is 0 Å². The molecule has 1 heterocycles. The monoisotopic (exact) mass is 294 g/mol. The maximum absolute atomic E-state index is 11.8. The van der Waals surface area contributed by atoms with Gasteiger partial charge in [0.2, 0.25) is 5.91 Å². The first-order chi connectivity index (χ1) is 9.41. The third-order valence-electron chi connectivity index (χ3n) is 3.54. The zero-order valence-corrected chi connectivity index (χ0v) is 13.0. The summed E-state index contributed by atoms with van der Waals surface area (Å²) in [6.07, 6.45) is 6.10. The second-order valence-electron chi connectivity index (χ2n) is 5.77. The van der Waals surface area contributed by atoms with Crippen LogP contribution in [-0.4, -0.2) is 32.7 Å². The lowest BCUT2D eigenvalue weighted by Crippen LogP contribution is -2.56. The molecule has 5 nitrogen and oxygen atoms in total. The normalized spacial score (nSPS) is 26.1. The summed E-state index contributed by atoms with van der Waals surface area (Å²) in [5, 5.41) is 4.45. The largest absolute Gasteiger partial charge is 0.368 e. The molecule has 20 heavy (non-hydrogen) atoms. The molecule has 0 aromatic carbocycles. The molecule has 1 saturated carbocycles.